The van der Waals surface area contributed by atoms with Gasteiger partial charge >= 0.3 is 16.2 Å². The van der Waals surface area contributed by atoms with Crippen molar-refractivity contribution in [2.75, 3.05) is 32.1 Å². The van der Waals surface area contributed by atoms with E-state index in [0.717, 1.165) is 29.3 Å². The Balaban J connectivity index is 2.51. The fraction of sp³-hybridized carbons (Fsp3) is 0.429. The van der Waals surface area contributed by atoms with Crippen LogP contribution < -0.4 is 9.62 Å². The third-order valence-corrected chi connectivity index (χ3v) is 5.12. The molecule has 0 atom stereocenters. The van der Waals surface area contributed by atoms with Crippen LogP contribution in [0.3, 0.4) is 0 Å². The predicted molar refractivity (Wildman–Crippen MR) is 84.9 cm³/mol. The van der Waals surface area contributed by atoms with Crippen LogP contribution in [0.4, 0.5) is 10.1 Å². The first kappa shape index (κ1) is 18.1. The number of nitrogens with zero attached hydrogens (tertiary/aromatic N) is 2. The maximum Gasteiger partial charge on any atom is 0.338 e. The summed E-state index contributed by atoms with van der Waals surface area (Å²) in [5, 5.41) is 9.06. The van der Waals surface area contributed by atoms with E-state index >= 15 is 0 Å². The van der Waals surface area contributed by atoms with Crippen LogP contribution in [0, 0.1) is 5.82 Å². The number of carbonyl (C=O) groups excluding carboxylic acids is 1. The second kappa shape index (κ2) is 6.73. The molecule has 2 rings (SSSR count). The molecule has 1 aromatic rings. The van der Waals surface area contributed by atoms with Gasteiger partial charge in [-0.3, -0.25) is 4.79 Å². The van der Waals surface area contributed by atoms with Gasteiger partial charge in [0.25, 0.3) is 5.91 Å². The third-order valence-electron chi connectivity index (χ3n) is 3.72. The number of aromatic carboxylic acids is 1. The molecule has 0 spiro atoms. The lowest BCUT2D eigenvalue weighted by Gasteiger charge is -2.23. The molecule has 1 heterocycles. The summed E-state index contributed by atoms with van der Waals surface area (Å²) in [4.78, 5) is 25.0. The lowest BCUT2D eigenvalue weighted by Crippen LogP contribution is -2.40. The molecule has 1 fully saturated rings. The molecule has 0 unspecified atom stereocenters. The van der Waals surface area contributed by atoms with Crippen molar-refractivity contribution in [3.05, 3.63) is 29.1 Å². The van der Waals surface area contributed by atoms with Gasteiger partial charge in [0.2, 0.25) is 0 Å². The standard InChI is InChI=1S/C14H18FN3O5S/c1-17(2)24(22,23)16-13(19)10-6-5-9(14(20)21)11(15)12(10)18-7-3-4-8-18/h5-6H,3-4,7-8H2,1-2H3,(H,16,19)(H,20,21). The summed E-state index contributed by atoms with van der Waals surface area (Å²) < 4.78 is 40.9. The quantitative estimate of drug-likeness (QED) is 0.800. The fourth-order valence-corrected chi connectivity index (χ4v) is 2.95. The number of benzene rings is 1. The zero-order valence-corrected chi connectivity index (χ0v) is 14.1. The van der Waals surface area contributed by atoms with Crippen molar-refractivity contribution in [2.45, 2.75) is 12.8 Å². The van der Waals surface area contributed by atoms with Crippen molar-refractivity contribution in [1.82, 2.24) is 9.03 Å². The van der Waals surface area contributed by atoms with E-state index in [9.17, 15) is 22.4 Å². The summed E-state index contributed by atoms with van der Waals surface area (Å²) in [6, 6.07) is 2.08. The van der Waals surface area contributed by atoms with Gasteiger partial charge in [-0.15, -0.1) is 0 Å². The molecule has 0 aromatic heterocycles. The molecular weight excluding hydrogens is 341 g/mol. The largest absolute Gasteiger partial charge is 0.478 e. The number of hydrogen-bond acceptors (Lipinski definition) is 5. The number of carbonyl (C=O) groups is 2. The normalized spacial score (nSPS) is 14.9. The van der Waals surface area contributed by atoms with Crippen LogP contribution in [0.1, 0.15) is 33.6 Å². The first-order valence-electron chi connectivity index (χ1n) is 7.20. The van der Waals surface area contributed by atoms with E-state index in [1.807, 2.05) is 4.72 Å². The van der Waals surface area contributed by atoms with Crippen LogP contribution >= 0.6 is 0 Å². The highest BCUT2D eigenvalue weighted by atomic mass is 32.2. The molecule has 24 heavy (non-hydrogen) atoms. The van der Waals surface area contributed by atoms with Gasteiger partial charge in [-0.05, 0) is 25.0 Å². The van der Waals surface area contributed by atoms with E-state index in [4.69, 9.17) is 5.11 Å². The summed E-state index contributed by atoms with van der Waals surface area (Å²) in [5.74, 6) is -3.51. The Morgan fingerprint density at radius 3 is 2.25 bits per heavy atom. The number of rotatable bonds is 5. The number of halogens is 1. The second-order valence-electron chi connectivity index (χ2n) is 5.54. The minimum atomic E-state index is -4.05. The lowest BCUT2D eigenvalue weighted by atomic mass is 10.1. The van der Waals surface area contributed by atoms with E-state index in [-0.39, 0.29) is 11.3 Å². The van der Waals surface area contributed by atoms with Crippen LogP contribution in [0.5, 0.6) is 0 Å². The first-order chi connectivity index (χ1) is 11.1. The van der Waals surface area contributed by atoms with Crippen LogP contribution in [-0.4, -0.2) is 56.9 Å². The molecule has 1 amide bonds. The van der Waals surface area contributed by atoms with E-state index in [1.165, 1.54) is 14.1 Å². The lowest BCUT2D eigenvalue weighted by molar-refractivity contribution is 0.0691. The summed E-state index contributed by atoms with van der Waals surface area (Å²) in [6.07, 6.45) is 1.54. The van der Waals surface area contributed by atoms with Crippen LogP contribution in [0.15, 0.2) is 12.1 Å². The van der Waals surface area contributed by atoms with Crippen molar-refractivity contribution >= 4 is 27.8 Å². The molecule has 0 bridgehead atoms. The Morgan fingerprint density at radius 1 is 1.21 bits per heavy atom. The highest BCUT2D eigenvalue weighted by molar-refractivity contribution is 7.87. The Hall–Kier alpha value is -2.20. The number of carboxylic acids is 1. The van der Waals surface area contributed by atoms with Gasteiger partial charge in [-0.25, -0.2) is 13.9 Å². The summed E-state index contributed by atoms with van der Waals surface area (Å²) >= 11 is 0. The number of anilines is 1. The number of nitrogens with one attached hydrogen (secondary N) is 1. The van der Waals surface area contributed by atoms with E-state index in [2.05, 4.69) is 0 Å². The van der Waals surface area contributed by atoms with Gasteiger partial charge in [-0.2, -0.15) is 12.7 Å². The summed E-state index contributed by atoms with van der Waals surface area (Å²) in [6.45, 7) is 0.918. The second-order valence-corrected chi connectivity index (χ2v) is 7.43. The Morgan fingerprint density at radius 2 is 1.75 bits per heavy atom. The maximum atomic E-state index is 14.6. The number of amides is 1. The van der Waals surface area contributed by atoms with Gasteiger partial charge in [-0.1, -0.05) is 0 Å². The van der Waals surface area contributed by atoms with Gasteiger partial charge < -0.3 is 10.0 Å². The molecule has 0 saturated carbocycles. The minimum absolute atomic E-state index is 0.182. The summed E-state index contributed by atoms with van der Waals surface area (Å²) in [7, 11) is -1.57. The van der Waals surface area contributed by atoms with Crippen molar-refractivity contribution < 1.29 is 27.5 Å². The molecule has 2 N–H and O–H groups in total. The van der Waals surface area contributed by atoms with Gasteiger partial charge in [0.05, 0.1) is 16.8 Å². The predicted octanol–water partition coefficient (Wildman–Crippen LogP) is 0.660. The average Bonchev–Trinajstić information content (AvgIpc) is 2.99. The molecule has 1 saturated heterocycles. The highest BCUT2D eigenvalue weighted by Gasteiger charge is 2.29. The molecule has 1 aliphatic heterocycles. The number of carboxylic acid groups (broad SMARTS) is 1. The molecule has 0 aliphatic carbocycles. The minimum Gasteiger partial charge on any atom is -0.478 e. The Labute approximate surface area is 139 Å². The third kappa shape index (κ3) is 3.49. The Kier molecular flexibility index (Phi) is 5.09. The maximum absolute atomic E-state index is 14.6. The molecule has 8 nitrogen and oxygen atoms in total. The number of hydrogen-bond donors (Lipinski definition) is 2. The summed E-state index contributed by atoms with van der Waals surface area (Å²) in [5.41, 5.74) is -0.965. The van der Waals surface area contributed by atoms with Crippen LogP contribution in [0.2, 0.25) is 0 Å². The van der Waals surface area contributed by atoms with Crippen molar-refractivity contribution in [1.29, 1.82) is 0 Å². The van der Waals surface area contributed by atoms with E-state index in [0.29, 0.717) is 13.1 Å². The fourth-order valence-electron chi connectivity index (χ4n) is 2.43. The van der Waals surface area contributed by atoms with Crippen LogP contribution in [0.25, 0.3) is 0 Å². The molecule has 1 aromatic carbocycles. The highest BCUT2D eigenvalue weighted by Crippen LogP contribution is 2.30. The van der Waals surface area contributed by atoms with E-state index < -0.39 is 33.5 Å². The van der Waals surface area contributed by atoms with Crippen molar-refractivity contribution in [2.24, 2.45) is 0 Å². The van der Waals surface area contributed by atoms with Crippen molar-refractivity contribution in [3.63, 3.8) is 0 Å². The molecular formula is C14H18FN3O5S. The smallest absolute Gasteiger partial charge is 0.338 e. The Bertz CT molecular complexity index is 773. The van der Waals surface area contributed by atoms with Crippen LogP contribution in [-0.2, 0) is 10.2 Å². The average molecular weight is 359 g/mol. The molecule has 132 valence electrons. The molecule has 1 aliphatic rings. The first-order valence-corrected chi connectivity index (χ1v) is 8.64. The zero-order valence-electron chi connectivity index (χ0n) is 13.2. The zero-order chi connectivity index (χ0) is 18.1. The molecule has 0 radical (unpaired) electrons. The monoisotopic (exact) mass is 359 g/mol. The van der Waals surface area contributed by atoms with Gasteiger partial charge in [0.1, 0.15) is 0 Å². The SMILES string of the molecule is CN(C)S(=O)(=O)NC(=O)c1ccc(C(=O)O)c(F)c1N1CCCC1. The van der Waals surface area contributed by atoms with E-state index in [1.54, 1.807) is 4.90 Å². The van der Waals surface area contributed by atoms with Crippen molar-refractivity contribution in [3.8, 4) is 0 Å². The topological polar surface area (TPSA) is 107 Å². The molecule has 10 heteroatoms. The van der Waals surface area contributed by atoms with Gasteiger partial charge in [0, 0.05) is 27.2 Å². The van der Waals surface area contributed by atoms with Gasteiger partial charge in [0.15, 0.2) is 5.82 Å².